The second-order valence-electron chi connectivity index (χ2n) is 9.93. The first-order chi connectivity index (χ1) is 17.3. The highest BCUT2D eigenvalue weighted by atomic mass is 79.9. The van der Waals surface area contributed by atoms with E-state index in [1.165, 1.54) is 26.0 Å². The van der Waals surface area contributed by atoms with Gasteiger partial charge >= 0.3 is 0 Å². The number of methoxy groups -OCH3 is 1. The Hall–Kier alpha value is -2.16. The van der Waals surface area contributed by atoms with Crippen LogP contribution >= 0.6 is 27.5 Å². The molecule has 1 aliphatic rings. The van der Waals surface area contributed by atoms with Gasteiger partial charge in [0, 0.05) is 35.6 Å². The highest BCUT2D eigenvalue weighted by molar-refractivity contribution is 9.10. The van der Waals surface area contributed by atoms with Crippen molar-refractivity contribution in [3.8, 4) is 11.5 Å². The molecular formula is C27H33BrClFN4O2. The molecule has 2 heterocycles. The predicted octanol–water partition coefficient (Wildman–Crippen LogP) is 7.32. The fourth-order valence-corrected chi connectivity index (χ4v) is 5.37. The molecule has 194 valence electrons. The number of hydrogen-bond donors (Lipinski definition) is 1. The Bertz CT molecular complexity index is 1210. The molecular weight excluding hydrogens is 547 g/mol. The summed E-state index contributed by atoms with van der Waals surface area (Å²) in [6, 6.07) is 6.93. The molecule has 0 amide bonds. The Kier molecular flexibility index (Phi) is 8.91. The zero-order chi connectivity index (χ0) is 25.8. The van der Waals surface area contributed by atoms with E-state index in [9.17, 15) is 4.39 Å². The van der Waals surface area contributed by atoms with Crippen LogP contribution in [0, 0.1) is 23.6 Å². The molecule has 1 fully saturated rings. The number of benzene rings is 2. The summed E-state index contributed by atoms with van der Waals surface area (Å²) in [5, 5.41) is 3.72. The molecule has 1 saturated heterocycles. The third-order valence-electron chi connectivity index (χ3n) is 6.65. The van der Waals surface area contributed by atoms with Crippen molar-refractivity contribution in [1.29, 1.82) is 0 Å². The zero-order valence-corrected chi connectivity index (χ0v) is 23.5. The van der Waals surface area contributed by atoms with E-state index in [0.717, 1.165) is 12.8 Å². The topological polar surface area (TPSA) is 59.5 Å². The summed E-state index contributed by atoms with van der Waals surface area (Å²) in [5.41, 5.74) is 0.885. The van der Waals surface area contributed by atoms with Gasteiger partial charge in [0.1, 0.15) is 12.1 Å². The Morgan fingerprint density at radius 3 is 2.78 bits per heavy atom. The van der Waals surface area contributed by atoms with Crippen LogP contribution < -0.4 is 14.8 Å². The van der Waals surface area contributed by atoms with E-state index in [1.54, 1.807) is 19.2 Å². The van der Waals surface area contributed by atoms with Gasteiger partial charge in [-0.15, -0.1) is 0 Å². The Morgan fingerprint density at radius 1 is 1.22 bits per heavy atom. The lowest BCUT2D eigenvalue weighted by Gasteiger charge is -2.18. The van der Waals surface area contributed by atoms with E-state index in [-0.39, 0.29) is 10.7 Å². The maximum Gasteiger partial charge on any atom is 0.166 e. The van der Waals surface area contributed by atoms with Crippen molar-refractivity contribution in [1.82, 2.24) is 14.9 Å². The molecule has 2 aromatic carbocycles. The van der Waals surface area contributed by atoms with Crippen LogP contribution in [-0.2, 0) is 0 Å². The smallest absolute Gasteiger partial charge is 0.166 e. The van der Waals surface area contributed by atoms with Gasteiger partial charge in [-0.3, -0.25) is 0 Å². The molecule has 6 nitrogen and oxygen atoms in total. The number of anilines is 2. The zero-order valence-electron chi connectivity index (χ0n) is 21.2. The second-order valence-corrected chi connectivity index (χ2v) is 11.2. The van der Waals surface area contributed by atoms with Crippen molar-refractivity contribution < 1.29 is 13.9 Å². The summed E-state index contributed by atoms with van der Waals surface area (Å²) in [5.74, 6) is 3.22. The molecule has 0 spiro atoms. The van der Waals surface area contributed by atoms with Gasteiger partial charge in [0.05, 0.1) is 29.9 Å². The van der Waals surface area contributed by atoms with E-state index in [2.05, 4.69) is 56.9 Å². The molecule has 3 aromatic rings. The number of rotatable bonds is 10. The summed E-state index contributed by atoms with van der Waals surface area (Å²) < 4.78 is 26.8. The molecule has 0 bridgehead atoms. The van der Waals surface area contributed by atoms with Crippen LogP contribution in [0.5, 0.6) is 11.5 Å². The summed E-state index contributed by atoms with van der Waals surface area (Å²) in [6.45, 7) is 11.1. The van der Waals surface area contributed by atoms with E-state index in [0.29, 0.717) is 57.1 Å². The highest BCUT2D eigenvalue weighted by Gasteiger charge is 2.29. The standard InChI is InChI=1S/C27H33BrClFN4O2/c1-16(2)12-34-13-17(3)18(14-34)6-5-9-36-24-11-22-19(10-23(24)35-4)27(32-15-31-22)33-21-8-7-20(28)25(29)26(21)30/h7-8,10-11,15-18H,5-6,9,12-14H2,1-4H3,(H,31,32,33)/t17-,18+/m1/s1. The van der Waals surface area contributed by atoms with Gasteiger partial charge in [0.15, 0.2) is 17.3 Å². The molecule has 1 N–H and O–H groups in total. The van der Waals surface area contributed by atoms with Gasteiger partial charge < -0.3 is 19.7 Å². The first-order valence-electron chi connectivity index (χ1n) is 12.3. The molecule has 0 radical (unpaired) electrons. The largest absolute Gasteiger partial charge is 0.493 e. The van der Waals surface area contributed by atoms with Crippen LogP contribution in [0.2, 0.25) is 5.02 Å². The van der Waals surface area contributed by atoms with Crippen LogP contribution in [0.15, 0.2) is 35.1 Å². The van der Waals surface area contributed by atoms with Gasteiger partial charge in [-0.25, -0.2) is 14.4 Å². The SMILES string of the molecule is COc1cc2c(Nc3ccc(Br)c(Cl)c3F)ncnc2cc1OCCC[C@H]1CN(CC(C)C)C[C@H]1C. The highest BCUT2D eigenvalue weighted by Crippen LogP contribution is 2.37. The number of likely N-dealkylation sites (tertiary alicyclic amines) is 1. The Labute approximate surface area is 225 Å². The summed E-state index contributed by atoms with van der Waals surface area (Å²) in [6.07, 6.45) is 3.55. The van der Waals surface area contributed by atoms with Crippen molar-refractivity contribution in [3.05, 3.63) is 45.9 Å². The van der Waals surface area contributed by atoms with Crippen molar-refractivity contribution in [2.75, 3.05) is 38.7 Å². The number of ether oxygens (including phenoxy) is 2. The summed E-state index contributed by atoms with van der Waals surface area (Å²) in [7, 11) is 1.60. The number of fused-ring (bicyclic) bond motifs is 1. The van der Waals surface area contributed by atoms with E-state index in [1.807, 2.05) is 12.1 Å². The summed E-state index contributed by atoms with van der Waals surface area (Å²) >= 11 is 9.27. The lowest BCUT2D eigenvalue weighted by molar-refractivity contribution is 0.262. The van der Waals surface area contributed by atoms with Crippen molar-refractivity contribution in [3.63, 3.8) is 0 Å². The van der Waals surface area contributed by atoms with Gasteiger partial charge in [-0.05, 0) is 64.7 Å². The van der Waals surface area contributed by atoms with Crippen LogP contribution in [-0.4, -0.2) is 48.2 Å². The fraction of sp³-hybridized carbons (Fsp3) is 0.481. The van der Waals surface area contributed by atoms with Crippen LogP contribution in [0.3, 0.4) is 0 Å². The number of hydrogen-bond acceptors (Lipinski definition) is 6. The molecule has 0 aliphatic carbocycles. The monoisotopic (exact) mass is 578 g/mol. The third kappa shape index (κ3) is 6.21. The van der Waals surface area contributed by atoms with Crippen LogP contribution in [0.25, 0.3) is 10.9 Å². The molecule has 36 heavy (non-hydrogen) atoms. The van der Waals surface area contributed by atoms with Gasteiger partial charge in [0.2, 0.25) is 0 Å². The lowest BCUT2D eigenvalue weighted by atomic mass is 9.93. The Balaban J connectivity index is 1.43. The van der Waals surface area contributed by atoms with Gasteiger partial charge in [0.25, 0.3) is 0 Å². The maximum absolute atomic E-state index is 14.6. The van der Waals surface area contributed by atoms with E-state index in [4.69, 9.17) is 21.1 Å². The molecule has 1 aromatic heterocycles. The maximum atomic E-state index is 14.6. The number of aromatic nitrogens is 2. The predicted molar refractivity (Wildman–Crippen MR) is 147 cm³/mol. The van der Waals surface area contributed by atoms with E-state index >= 15 is 0 Å². The average molecular weight is 580 g/mol. The molecule has 1 aliphatic heterocycles. The first-order valence-corrected chi connectivity index (χ1v) is 13.5. The normalized spacial score (nSPS) is 18.2. The molecule has 2 atom stereocenters. The van der Waals surface area contributed by atoms with Gasteiger partial charge in [-0.2, -0.15) is 0 Å². The number of halogens is 3. The van der Waals surface area contributed by atoms with Crippen molar-refractivity contribution in [2.24, 2.45) is 17.8 Å². The number of nitrogens with one attached hydrogen (secondary N) is 1. The van der Waals surface area contributed by atoms with Crippen LogP contribution in [0.4, 0.5) is 15.9 Å². The van der Waals surface area contributed by atoms with E-state index < -0.39 is 5.82 Å². The Morgan fingerprint density at radius 2 is 2.03 bits per heavy atom. The van der Waals surface area contributed by atoms with Gasteiger partial charge in [-0.1, -0.05) is 32.4 Å². The molecule has 4 rings (SSSR count). The average Bonchev–Trinajstić information content (AvgIpc) is 3.19. The second kappa shape index (κ2) is 11.9. The molecule has 0 unspecified atom stereocenters. The quantitative estimate of drug-likeness (QED) is 0.201. The minimum absolute atomic E-state index is 0.00579. The minimum atomic E-state index is -0.561. The third-order valence-corrected chi connectivity index (χ3v) is 7.91. The fourth-order valence-electron chi connectivity index (χ4n) is 4.90. The van der Waals surface area contributed by atoms with Crippen LogP contribution in [0.1, 0.15) is 33.6 Å². The van der Waals surface area contributed by atoms with Crippen molar-refractivity contribution >= 4 is 49.9 Å². The lowest BCUT2D eigenvalue weighted by Crippen LogP contribution is -2.25. The summed E-state index contributed by atoms with van der Waals surface area (Å²) in [4.78, 5) is 11.3. The molecule has 0 saturated carbocycles. The first kappa shape index (κ1) is 26.9. The number of nitrogens with zero attached hydrogens (tertiary/aromatic N) is 3. The van der Waals surface area contributed by atoms with Crippen molar-refractivity contribution in [2.45, 2.75) is 33.6 Å². The molecule has 9 heteroatoms. The minimum Gasteiger partial charge on any atom is -0.493 e.